The smallest absolute Gasteiger partial charge is 0.225 e. The Morgan fingerprint density at radius 3 is 2.74 bits per heavy atom. The molecule has 0 fully saturated rings. The van der Waals surface area contributed by atoms with Crippen molar-refractivity contribution in [3.05, 3.63) is 54.4 Å². The SMILES string of the molecule is OCCCNc1nc(NCc2cccnc2)nc2ccccc12. The Balaban J connectivity index is 1.82. The lowest BCUT2D eigenvalue weighted by atomic mass is 10.2. The lowest BCUT2D eigenvalue weighted by Crippen LogP contribution is -2.09. The number of aliphatic hydroxyl groups excluding tert-OH is 1. The van der Waals surface area contributed by atoms with E-state index in [1.54, 1.807) is 6.20 Å². The van der Waals surface area contributed by atoms with E-state index in [0.717, 1.165) is 22.3 Å². The van der Waals surface area contributed by atoms with Gasteiger partial charge in [-0.3, -0.25) is 4.98 Å². The van der Waals surface area contributed by atoms with Crippen molar-refractivity contribution in [3.8, 4) is 0 Å². The molecule has 0 amide bonds. The van der Waals surface area contributed by atoms with Gasteiger partial charge in [-0.2, -0.15) is 4.98 Å². The van der Waals surface area contributed by atoms with Gasteiger partial charge in [0.1, 0.15) is 5.82 Å². The maximum atomic E-state index is 8.93. The van der Waals surface area contributed by atoms with Crippen LogP contribution in [0, 0.1) is 0 Å². The molecular weight excluding hydrogens is 290 g/mol. The van der Waals surface area contributed by atoms with E-state index in [2.05, 4.69) is 25.6 Å². The van der Waals surface area contributed by atoms with Gasteiger partial charge in [0.15, 0.2) is 0 Å². The van der Waals surface area contributed by atoms with E-state index >= 15 is 0 Å². The molecule has 2 aromatic heterocycles. The summed E-state index contributed by atoms with van der Waals surface area (Å²) >= 11 is 0. The van der Waals surface area contributed by atoms with Crippen LogP contribution >= 0.6 is 0 Å². The Labute approximate surface area is 134 Å². The minimum Gasteiger partial charge on any atom is -0.396 e. The number of benzene rings is 1. The van der Waals surface area contributed by atoms with E-state index in [0.29, 0.717) is 25.5 Å². The summed E-state index contributed by atoms with van der Waals surface area (Å²) in [5.74, 6) is 1.34. The van der Waals surface area contributed by atoms with Crippen LogP contribution < -0.4 is 10.6 Å². The normalized spacial score (nSPS) is 10.7. The molecule has 0 saturated carbocycles. The average molecular weight is 309 g/mol. The molecule has 0 atom stereocenters. The second kappa shape index (κ2) is 7.51. The monoisotopic (exact) mass is 309 g/mol. The molecule has 0 spiro atoms. The van der Waals surface area contributed by atoms with E-state index in [1.165, 1.54) is 0 Å². The fourth-order valence-electron chi connectivity index (χ4n) is 2.26. The van der Waals surface area contributed by atoms with Crippen LogP contribution in [-0.4, -0.2) is 33.2 Å². The van der Waals surface area contributed by atoms with Crippen LogP contribution in [0.1, 0.15) is 12.0 Å². The van der Waals surface area contributed by atoms with Crippen molar-refractivity contribution < 1.29 is 5.11 Å². The molecule has 0 bridgehead atoms. The van der Waals surface area contributed by atoms with Gasteiger partial charge in [0.25, 0.3) is 0 Å². The Morgan fingerprint density at radius 2 is 1.91 bits per heavy atom. The second-order valence-corrected chi connectivity index (χ2v) is 5.13. The molecule has 0 aliphatic rings. The molecule has 3 rings (SSSR count). The number of aromatic nitrogens is 3. The molecule has 3 N–H and O–H groups in total. The van der Waals surface area contributed by atoms with Crippen LogP contribution in [0.2, 0.25) is 0 Å². The number of fused-ring (bicyclic) bond motifs is 1. The predicted molar refractivity (Wildman–Crippen MR) is 91.3 cm³/mol. The van der Waals surface area contributed by atoms with Crippen LogP contribution in [-0.2, 0) is 6.54 Å². The zero-order chi connectivity index (χ0) is 15.9. The van der Waals surface area contributed by atoms with E-state index in [-0.39, 0.29) is 6.61 Å². The summed E-state index contributed by atoms with van der Waals surface area (Å²) in [4.78, 5) is 13.2. The number of aliphatic hydroxyl groups is 1. The summed E-state index contributed by atoms with van der Waals surface area (Å²) in [6.07, 6.45) is 4.24. The lowest BCUT2D eigenvalue weighted by Gasteiger charge is -2.11. The fourth-order valence-corrected chi connectivity index (χ4v) is 2.26. The first-order chi connectivity index (χ1) is 11.4. The molecule has 2 heterocycles. The maximum Gasteiger partial charge on any atom is 0.225 e. The van der Waals surface area contributed by atoms with Crippen molar-refractivity contribution in [2.45, 2.75) is 13.0 Å². The molecule has 0 unspecified atom stereocenters. The first-order valence-corrected chi connectivity index (χ1v) is 7.61. The quantitative estimate of drug-likeness (QED) is 0.581. The van der Waals surface area contributed by atoms with Crippen molar-refractivity contribution in [2.24, 2.45) is 0 Å². The Bertz CT molecular complexity index is 763. The van der Waals surface area contributed by atoms with Gasteiger partial charge in [0.05, 0.1) is 5.52 Å². The van der Waals surface area contributed by atoms with Gasteiger partial charge in [0, 0.05) is 37.5 Å². The molecular formula is C17H19N5O. The van der Waals surface area contributed by atoms with Crippen molar-refractivity contribution >= 4 is 22.7 Å². The summed E-state index contributed by atoms with van der Waals surface area (Å²) in [6, 6.07) is 11.8. The van der Waals surface area contributed by atoms with Gasteiger partial charge in [-0.1, -0.05) is 18.2 Å². The van der Waals surface area contributed by atoms with Gasteiger partial charge in [-0.25, -0.2) is 4.98 Å². The summed E-state index contributed by atoms with van der Waals surface area (Å²) in [5, 5.41) is 16.4. The number of nitrogens with one attached hydrogen (secondary N) is 2. The number of anilines is 2. The number of hydrogen-bond donors (Lipinski definition) is 3. The molecule has 3 aromatic rings. The molecule has 0 radical (unpaired) electrons. The van der Waals surface area contributed by atoms with Gasteiger partial charge < -0.3 is 15.7 Å². The van der Waals surface area contributed by atoms with Gasteiger partial charge >= 0.3 is 0 Å². The fraction of sp³-hybridized carbons (Fsp3) is 0.235. The molecule has 1 aromatic carbocycles. The zero-order valence-corrected chi connectivity index (χ0v) is 12.7. The molecule has 0 aliphatic heterocycles. The molecule has 6 nitrogen and oxygen atoms in total. The van der Waals surface area contributed by atoms with E-state index < -0.39 is 0 Å². The van der Waals surface area contributed by atoms with E-state index in [9.17, 15) is 0 Å². The highest BCUT2D eigenvalue weighted by molar-refractivity contribution is 5.89. The number of pyridine rings is 1. The Kier molecular flexibility index (Phi) is 4.95. The van der Waals surface area contributed by atoms with Gasteiger partial charge in [-0.05, 0) is 30.2 Å². The van der Waals surface area contributed by atoms with Crippen LogP contribution in [0.4, 0.5) is 11.8 Å². The highest BCUT2D eigenvalue weighted by Gasteiger charge is 2.07. The van der Waals surface area contributed by atoms with Crippen LogP contribution in [0.3, 0.4) is 0 Å². The number of rotatable bonds is 7. The summed E-state index contributed by atoms with van der Waals surface area (Å²) < 4.78 is 0. The van der Waals surface area contributed by atoms with E-state index in [4.69, 9.17) is 5.11 Å². The Morgan fingerprint density at radius 1 is 1.00 bits per heavy atom. The molecule has 118 valence electrons. The first kappa shape index (κ1) is 15.2. The second-order valence-electron chi connectivity index (χ2n) is 5.13. The van der Waals surface area contributed by atoms with Crippen molar-refractivity contribution in [2.75, 3.05) is 23.8 Å². The van der Waals surface area contributed by atoms with Gasteiger partial charge in [-0.15, -0.1) is 0 Å². The van der Waals surface area contributed by atoms with Crippen molar-refractivity contribution in [1.82, 2.24) is 15.0 Å². The molecule has 0 aliphatic carbocycles. The maximum absolute atomic E-state index is 8.93. The summed E-state index contributed by atoms with van der Waals surface area (Å²) in [5.41, 5.74) is 1.95. The lowest BCUT2D eigenvalue weighted by molar-refractivity contribution is 0.292. The number of nitrogens with zero attached hydrogens (tertiary/aromatic N) is 3. The van der Waals surface area contributed by atoms with Crippen LogP contribution in [0.15, 0.2) is 48.8 Å². The predicted octanol–water partition coefficient (Wildman–Crippen LogP) is 2.43. The van der Waals surface area contributed by atoms with Crippen molar-refractivity contribution in [3.63, 3.8) is 0 Å². The third-order valence-electron chi connectivity index (χ3n) is 3.40. The van der Waals surface area contributed by atoms with Gasteiger partial charge in [0.2, 0.25) is 5.95 Å². The third-order valence-corrected chi connectivity index (χ3v) is 3.40. The highest BCUT2D eigenvalue weighted by Crippen LogP contribution is 2.22. The molecule has 0 saturated heterocycles. The van der Waals surface area contributed by atoms with Crippen LogP contribution in [0.5, 0.6) is 0 Å². The number of hydrogen-bond acceptors (Lipinski definition) is 6. The van der Waals surface area contributed by atoms with E-state index in [1.807, 2.05) is 42.6 Å². The highest BCUT2D eigenvalue weighted by atomic mass is 16.3. The minimum atomic E-state index is 0.155. The van der Waals surface area contributed by atoms with Crippen molar-refractivity contribution in [1.29, 1.82) is 0 Å². The minimum absolute atomic E-state index is 0.155. The molecule has 6 heteroatoms. The molecule has 23 heavy (non-hydrogen) atoms. The Hall–Kier alpha value is -2.73. The summed E-state index contributed by atoms with van der Waals surface area (Å²) in [7, 11) is 0. The first-order valence-electron chi connectivity index (χ1n) is 7.61. The topological polar surface area (TPSA) is 83.0 Å². The summed E-state index contributed by atoms with van der Waals surface area (Å²) in [6.45, 7) is 1.43. The average Bonchev–Trinajstić information content (AvgIpc) is 2.61. The number of para-hydroxylation sites is 1. The largest absolute Gasteiger partial charge is 0.396 e. The van der Waals surface area contributed by atoms with Crippen LogP contribution in [0.25, 0.3) is 10.9 Å². The standard InChI is InChI=1S/C17H19N5O/c23-10-4-9-19-16-14-6-1-2-7-15(14)21-17(22-16)20-12-13-5-3-8-18-11-13/h1-3,5-8,11,23H,4,9-10,12H2,(H2,19,20,21,22). The zero-order valence-electron chi connectivity index (χ0n) is 12.7. The third kappa shape index (κ3) is 3.92.